The van der Waals surface area contributed by atoms with Crippen molar-refractivity contribution >= 4 is 23.7 Å². The minimum Gasteiger partial charge on any atom is -0.480 e. The van der Waals surface area contributed by atoms with Gasteiger partial charge < -0.3 is 31.9 Å². The summed E-state index contributed by atoms with van der Waals surface area (Å²) < 4.78 is 0. The van der Waals surface area contributed by atoms with Gasteiger partial charge in [0.05, 0.1) is 12.1 Å². The molecule has 0 aliphatic heterocycles. The van der Waals surface area contributed by atoms with Crippen LogP contribution in [0.3, 0.4) is 0 Å². The Morgan fingerprint density at radius 2 is 1.29 bits per heavy atom. The Morgan fingerprint density at radius 3 is 1.77 bits per heavy atom. The van der Waals surface area contributed by atoms with Gasteiger partial charge in [-0.25, -0.2) is 4.79 Å². The van der Waals surface area contributed by atoms with Crippen LogP contribution in [0.1, 0.15) is 25.0 Å². The lowest BCUT2D eigenvalue weighted by Gasteiger charge is -2.24. The van der Waals surface area contributed by atoms with Crippen LogP contribution in [0.5, 0.6) is 0 Å². The van der Waals surface area contributed by atoms with E-state index in [0.717, 1.165) is 11.1 Å². The molecule has 2 rings (SSSR count). The number of carboxylic acids is 1. The number of hydrogen-bond acceptors (Lipinski definition) is 6. The van der Waals surface area contributed by atoms with Crippen molar-refractivity contribution in [1.82, 2.24) is 16.0 Å². The third kappa shape index (κ3) is 8.84. The summed E-state index contributed by atoms with van der Waals surface area (Å²) in [5.41, 5.74) is 7.72. The van der Waals surface area contributed by atoms with Crippen molar-refractivity contribution in [3.8, 4) is 0 Å². The van der Waals surface area contributed by atoms with Crippen LogP contribution in [-0.2, 0) is 32.0 Å². The number of nitrogens with two attached hydrogens (primary N) is 1. The summed E-state index contributed by atoms with van der Waals surface area (Å²) in [4.78, 5) is 49.4. The molecule has 0 aromatic heterocycles. The van der Waals surface area contributed by atoms with E-state index in [1.54, 1.807) is 24.3 Å². The summed E-state index contributed by atoms with van der Waals surface area (Å²) in [6.45, 7) is 2.60. The molecule has 10 heteroatoms. The maximum Gasteiger partial charge on any atom is 0.328 e. The molecule has 0 heterocycles. The summed E-state index contributed by atoms with van der Waals surface area (Å²) >= 11 is 0. The topological polar surface area (TPSA) is 171 Å². The van der Waals surface area contributed by atoms with Crippen LogP contribution in [0.15, 0.2) is 60.7 Å². The fourth-order valence-electron chi connectivity index (χ4n) is 3.35. The van der Waals surface area contributed by atoms with Gasteiger partial charge in [0.1, 0.15) is 12.1 Å². The van der Waals surface area contributed by atoms with E-state index < -0.39 is 54.0 Å². The number of benzene rings is 2. The first-order valence-electron chi connectivity index (χ1n) is 11.2. The molecule has 0 aliphatic carbocycles. The highest BCUT2D eigenvalue weighted by Gasteiger charge is 2.30. The van der Waals surface area contributed by atoms with Gasteiger partial charge in [-0.3, -0.25) is 14.4 Å². The Morgan fingerprint density at radius 1 is 0.771 bits per heavy atom. The van der Waals surface area contributed by atoms with Crippen LogP contribution < -0.4 is 21.7 Å². The van der Waals surface area contributed by atoms with Gasteiger partial charge >= 0.3 is 5.97 Å². The lowest BCUT2D eigenvalue weighted by atomic mass is 10.0. The fourth-order valence-corrected chi connectivity index (χ4v) is 3.35. The largest absolute Gasteiger partial charge is 0.480 e. The molecule has 0 saturated carbocycles. The van der Waals surface area contributed by atoms with Gasteiger partial charge in [-0.1, -0.05) is 60.7 Å². The van der Waals surface area contributed by atoms with Crippen LogP contribution in [-0.4, -0.2) is 64.2 Å². The zero-order chi connectivity index (χ0) is 26.0. The molecule has 5 atom stereocenters. The second-order valence-electron chi connectivity index (χ2n) is 8.34. The predicted molar refractivity (Wildman–Crippen MR) is 129 cm³/mol. The van der Waals surface area contributed by atoms with E-state index in [1.807, 2.05) is 36.4 Å². The van der Waals surface area contributed by atoms with Gasteiger partial charge in [0.15, 0.2) is 6.04 Å². The van der Waals surface area contributed by atoms with E-state index >= 15 is 0 Å². The summed E-state index contributed by atoms with van der Waals surface area (Å²) in [6, 6.07) is 13.6. The van der Waals surface area contributed by atoms with E-state index in [1.165, 1.54) is 13.8 Å². The number of carboxylic acid groups (broad SMARTS) is 1. The van der Waals surface area contributed by atoms with E-state index in [2.05, 4.69) is 16.0 Å². The van der Waals surface area contributed by atoms with E-state index in [9.17, 15) is 24.3 Å². The molecule has 188 valence electrons. The van der Waals surface area contributed by atoms with Crippen molar-refractivity contribution in [2.75, 3.05) is 0 Å². The molecule has 35 heavy (non-hydrogen) atoms. The first-order valence-corrected chi connectivity index (χ1v) is 11.2. The van der Waals surface area contributed by atoms with Crippen LogP contribution in [0, 0.1) is 0 Å². The molecule has 0 aliphatic rings. The molecule has 5 unspecified atom stereocenters. The molecule has 10 nitrogen and oxygen atoms in total. The Balaban J connectivity index is 2.09. The van der Waals surface area contributed by atoms with Crippen LogP contribution in [0.2, 0.25) is 0 Å². The highest BCUT2D eigenvalue weighted by Crippen LogP contribution is 2.06. The minimum atomic E-state index is -1.53. The Hall–Kier alpha value is -3.76. The monoisotopic (exact) mass is 484 g/mol. The number of aliphatic hydroxyl groups is 1. The number of carbonyl (C=O) groups excluding carboxylic acids is 3. The van der Waals surface area contributed by atoms with Gasteiger partial charge in [-0.2, -0.15) is 0 Å². The summed E-state index contributed by atoms with van der Waals surface area (Å²) in [7, 11) is 0. The number of nitrogens with one attached hydrogen (secondary N) is 3. The lowest BCUT2D eigenvalue weighted by molar-refractivity contribution is -0.145. The zero-order valence-corrected chi connectivity index (χ0v) is 19.7. The van der Waals surface area contributed by atoms with Gasteiger partial charge in [-0.05, 0) is 31.4 Å². The van der Waals surface area contributed by atoms with Crippen molar-refractivity contribution in [2.24, 2.45) is 5.73 Å². The number of rotatable bonds is 12. The Kier molecular flexibility index (Phi) is 10.4. The Labute approximate surface area is 203 Å². The molecule has 0 spiro atoms. The number of aliphatic carboxylic acids is 1. The first kappa shape index (κ1) is 27.5. The maximum absolute atomic E-state index is 13.0. The molecule has 2 aromatic carbocycles. The molecular formula is C25H32N4O6. The molecule has 2 aromatic rings. The van der Waals surface area contributed by atoms with Crippen molar-refractivity contribution in [2.45, 2.75) is 57.0 Å². The molecule has 0 saturated heterocycles. The fraction of sp³-hybridized carbons (Fsp3) is 0.360. The number of aliphatic hydroxyl groups excluding tert-OH is 1. The molecule has 0 bridgehead atoms. The second kappa shape index (κ2) is 13.2. The second-order valence-corrected chi connectivity index (χ2v) is 8.34. The highest BCUT2D eigenvalue weighted by atomic mass is 16.4. The minimum absolute atomic E-state index is 0.149. The standard InChI is InChI=1S/C25H32N4O6/c1-15(22(31)29-21(16(2)30)25(34)35)27-24(33)20(14-18-11-7-4-8-12-18)28-23(32)19(26)13-17-9-5-3-6-10-17/h3-12,15-16,19-21,30H,13-14,26H2,1-2H3,(H,27,33)(H,28,32)(H,29,31)(H,34,35). The van der Waals surface area contributed by atoms with E-state index in [4.69, 9.17) is 10.8 Å². The Bertz CT molecular complexity index is 1000. The summed E-state index contributed by atoms with van der Waals surface area (Å²) in [6.07, 6.45) is -0.910. The number of carbonyl (C=O) groups is 4. The summed E-state index contributed by atoms with van der Waals surface area (Å²) in [5, 5.41) is 26.1. The molecule has 3 amide bonds. The van der Waals surface area contributed by atoms with Gasteiger partial charge in [0, 0.05) is 6.42 Å². The molecule has 7 N–H and O–H groups in total. The third-order valence-electron chi connectivity index (χ3n) is 5.35. The van der Waals surface area contributed by atoms with Crippen molar-refractivity contribution < 1.29 is 29.4 Å². The van der Waals surface area contributed by atoms with Crippen molar-refractivity contribution in [3.05, 3.63) is 71.8 Å². The van der Waals surface area contributed by atoms with Crippen LogP contribution in [0.4, 0.5) is 0 Å². The van der Waals surface area contributed by atoms with Gasteiger partial charge in [-0.15, -0.1) is 0 Å². The molecule has 0 radical (unpaired) electrons. The SMILES string of the molecule is CC(NC(=O)C(Cc1ccccc1)NC(=O)C(N)Cc1ccccc1)C(=O)NC(C(=O)O)C(C)O. The van der Waals surface area contributed by atoms with Crippen molar-refractivity contribution in [1.29, 1.82) is 0 Å². The van der Waals surface area contributed by atoms with E-state index in [0.29, 0.717) is 0 Å². The van der Waals surface area contributed by atoms with Crippen LogP contribution in [0.25, 0.3) is 0 Å². The van der Waals surface area contributed by atoms with Gasteiger partial charge in [0.2, 0.25) is 17.7 Å². The lowest BCUT2D eigenvalue weighted by Crippen LogP contribution is -2.58. The average Bonchev–Trinajstić information content (AvgIpc) is 2.82. The molecule has 0 fully saturated rings. The maximum atomic E-state index is 13.0. The van der Waals surface area contributed by atoms with Crippen molar-refractivity contribution in [3.63, 3.8) is 0 Å². The zero-order valence-electron chi connectivity index (χ0n) is 19.7. The number of hydrogen-bond donors (Lipinski definition) is 6. The molecular weight excluding hydrogens is 452 g/mol. The smallest absolute Gasteiger partial charge is 0.328 e. The van der Waals surface area contributed by atoms with Crippen LogP contribution >= 0.6 is 0 Å². The first-order chi connectivity index (χ1) is 16.6. The van der Waals surface area contributed by atoms with E-state index in [-0.39, 0.29) is 12.8 Å². The third-order valence-corrected chi connectivity index (χ3v) is 5.35. The highest BCUT2D eigenvalue weighted by molar-refractivity contribution is 5.94. The quantitative estimate of drug-likeness (QED) is 0.241. The number of amides is 3. The van der Waals surface area contributed by atoms with Gasteiger partial charge in [0.25, 0.3) is 0 Å². The normalized spacial score (nSPS) is 15.1. The summed E-state index contributed by atoms with van der Waals surface area (Å²) in [5.74, 6) is -3.37. The predicted octanol–water partition coefficient (Wildman–Crippen LogP) is -0.261. The average molecular weight is 485 g/mol.